The van der Waals surface area contributed by atoms with E-state index in [2.05, 4.69) is 0 Å². The second kappa shape index (κ2) is 7.74. The van der Waals surface area contributed by atoms with Crippen LogP contribution >= 0.6 is 11.6 Å². The molecule has 2 amide bonds. The Bertz CT molecular complexity index is 839. The third-order valence-corrected chi connectivity index (χ3v) is 4.40. The SMILES string of the molecule is NC(=O)c1cc(Cl)ccc1OCC(=O)N(Cc1ccccc1F)C1CC1. The number of hydrogen-bond donors (Lipinski definition) is 1. The fraction of sp³-hybridized carbons (Fsp3) is 0.263. The molecule has 0 bridgehead atoms. The van der Waals surface area contributed by atoms with Gasteiger partial charge in [0.2, 0.25) is 0 Å². The molecule has 136 valence electrons. The van der Waals surface area contributed by atoms with Crippen molar-refractivity contribution in [2.45, 2.75) is 25.4 Å². The molecule has 5 nitrogen and oxygen atoms in total. The number of carbonyl (C=O) groups excluding carboxylic acids is 2. The molecule has 1 saturated carbocycles. The van der Waals surface area contributed by atoms with E-state index in [1.807, 2.05) is 0 Å². The number of nitrogens with two attached hydrogens (primary N) is 1. The quantitative estimate of drug-likeness (QED) is 0.806. The summed E-state index contributed by atoms with van der Waals surface area (Å²) < 4.78 is 19.4. The molecule has 0 aromatic heterocycles. The van der Waals surface area contributed by atoms with Crippen LogP contribution in [0.25, 0.3) is 0 Å². The molecule has 0 saturated heterocycles. The molecule has 1 aliphatic rings. The lowest BCUT2D eigenvalue weighted by Crippen LogP contribution is -2.36. The number of carbonyl (C=O) groups is 2. The van der Waals surface area contributed by atoms with Crippen molar-refractivity contribution in [3.8, 4) is 5.75 Å². The number of rotatable bonds is 7. The highest BCUT2D eigenvalue weighted by molar-refractivity contribution is 6.31. The van der Waals surface area contributed by atoms with Crippen molar-refractivity contribution in [3.05, 3.63) is 64.4 Å². The first-order chi connectivity index (χ1) is 12.5. The van der Waals surface area contributed by atoms with Crippen LogP contribution in [0.1, 0.15) is 28.8 Å². The predicted molar refractivity (Wildman–Crippen MR) is 95.4 cm³/mol. The van der Waals surface area contributed by atoms with Gasteiger partial charge in [0.05, 0.1) is 5.56 Å². The Labute approximate surface area is 155 Å². The smallest absolute Gasteiger partial charge is 0.261 e. The molecular weight excluding hydrogens is 359 g/mol. The molecule has 1 aliphatic carbocycles. The topological polar surface area (TPSA) is 72.6 Å². The van der Waals surface area contributed by atoms with Crippen molar-refractivity contribution in [2.24, 2.45) is 5.73 Å². The van der Waals surface area contributed by atoms with Gasteiger partial charge >= 0.3 is 0 Å². The lowest BCUT2D eigenvalue weighted by Gasteiger charge is -2.23. The number of halogens is 2. The summed E-state index contributed by atoms with van der Waals surface area (Å²) in [5.41, 5.74) is 5.88. The van der Waals surface area contributed by atoms with Crippen LogP contribution in [0.5, 0.6) is 5.75 Å². The van der Waals surface area contributed by atoms with Gasteiger partial charge in [-0.05, 0) is 37.1 Å². The van der Waals surface area contributed by atoms with Crippen molar-refractivity contribution < 1.29 is 18.7 Å². The van der Waals surface area contributed by atoms with E-state index in [-0.39, 0.29) is 42.2 Å². The van der Waals surface area contributed by atoms with Crippen LogP contribution in [0.2, 0.25) is 5.02 Å². The summed E-state index contributed by atoms with van der Waals surface area (Å²) in [6.45, 7) is -0.0876. The van der Waals surface area contributed by atoms with Gasteiger partial charge in [0, 0.05) is 23.2 Å². The lowest BCUT2D eigenvalue weighted by atomic mass is 10.2. The number of benzene rings is 2. The zero-order valence-electron chi connectivity index (χ0n) is 14.0. The lowest BCUT2D eigenvalue weighted by molar-refractivity contribution is -0.134. The molecule has 2 aromatic carbocycles. The fourth-order valence-electron chi connectivity index (χ4n) is 2.66. The van der Waals surface area contributed by atoms with Gasteiger partial charge < -0.3 is 15.4 Å². The summed E-state index contributed by atoms with van der Waals surface area (Å²) in [5.74, 6) is -1.13. The van der Waals surface area contributed by atoms with E-state index >= 15 is 0 Å². The Kier molecular flexibility index (Phi) is 5.42. The first-order valence-electron chi connectivity index (χ1n) is 8.20. The number of primary amides is 1. The van der Waals surface area contributed by atoms with E-state index < -0.39 is 5.91 Å². The maximum atomic E-state index is 13.9. The van der Waals surface area contributed by atoms with Gasteiger partial charge in [-0.15, -0.1) is 0 Å². The number of amides is 2. The van der Waals surface area contributed by atoms with Gasteiger partial charge in [-0.1, -0.05) is 29.8 Å². The van der Waals surface area contributed by atoms with E-state index in [1.54, 1.807) is 29.2 Å². The molecule has 1 fully saturated rings. The molecule has 7 heteroatoms. The van der Waals surface area contributed by atoms with Gasteiger partial charge in [0.25, 0.3) is 11.8 Å². The third-order valence-electron chi connectivity index (χ3n) is 4.16. The van der Waals surface area contributed by atoms with Crippen molar-refractivity contribution in [2.75, 3.05) is 6.61 Å². The predicted octanol–water partition coefficient (Wildman–Crippen LogP) is 3.15. The minimum Gasteiger partial charge on any atom is -0.483 e. The molecule has 0 spiro atoms. The maximum Gasteiger partial charge on any atom is 0.261 e. The summed E-state index contributed by atoms with van der Waals surface area (Å²) >= 11 is 5.85. The molecule has 3 rings (SSSR count). The first-order valence-corrected chi connectivity index (χ1v) is 8.58. The van der Waals surface area contributed by atoms with Crippen molar-refractivity contribution in [1.82, 2.24) is 4.90 Å². The maximum absolute atomic E-state index is 13.9. The van der Waals surface area contributed by atoms with Gasteiger partial charge in [-0.3, -0.25) is 9.59 Å². The number of ether oxygens (including phenoxy) is 1. The summed E-state index contributed by atoms with van der Waals surface area (Å²) in [6.07, 6.45) is 1.77. The average molecular weight is 377 g/mol. The molecule has 0 unspecified atom stereocenters. The second-order valence-corrected chi connectivity index (χ2v) is 6.57. The van der Waals surface area contributed by atoms with E-state index in [1.165, 1.54) is 18.2 Å². The van der Waals surface area contributed by atoms with Crippen LogP contribution in [0.15, 0.2) is 42.5 Å². The summed E-state index contributed by atoms with van der Waals surface area (Å²) in [7, 11) is 0. The van der Waals surface area contributed by atoms with Crippen molar-refractivity contribution >= 4 is 23.4 Å². The minimum absolute atomic E-state index is 0.0894. The van der Waals surface area contributed by atoms with Gasteiger partial charge in [-0.2, -0.15) is 0 Å². The Hall–Kier alpha value is -2.60. The monoisotopic (exact) mass is 376 g/mol. The van der Waals surface area contributed by atoms with E-state index in [0.717, 1.165) is 12.8 Å². The van der Waals surface area contributed by atoms with Gasteiger partial charge in [-0.25, -0.2) is 4.39 Å². The molecule has 26 heavy (non-hydrogen) atoms. The molecule has 0 radical (unpaired) electrons. The van der Waals surface area contributed by atoms with Crippen LogP contribution in [0, 0.1) is 5.82 Å². The Balaban J connectivity index is 1.70. The second-order valence-electron chi connectivity index (χ2n) is 6.14. The van der Waals surface area contributed by atoms with E-state index in [4.69, 9.17) is 22.1 Å². The van der Waals surface area contributed by atoms with Gasteiger partial charge in [0.1, 0.15) is 11.6 Å². The average Bonchev–Trinajstić information content (AvgIpc) is 3.44. The van der Waals surface area contributed by atoms with Crippen LogP contribution in [0.4, 0.5) is 4.39 Å². The number of hydrogen-bond acceptors (Lipinski definition) is 3. The molecule has 2 aromatic rings. The molecule has 0 heterocycles. The number of nitrogens with zero attached hydrogens (tertiary/aromatic N) is 1. The standard InChI is InChI=1S/C19H18ClFN2O3/c20-13-5-8-17(15(9-13)19(22)25)26-11-18(24)23(14-6-7-14)10-12-3-1-2-4-16(12)21/h1-5,8-9,14H,6-7,10-11H2,(H2,22,25). The van der Waals surface area contributed by atoms with Crippen LogP contribution in [-0.4, -0.2) is 29.4 Å². The Morgan fingerprint density at radius 3 is 2.62 bits per heavy atom. The molecular formula is C19H18ClFN2O3. The highest BCUT2D eigenvalue weighted by atomic mass is 35.5. The van der Waals surface area contributed by atoms with Crippen molar-refractivity contribution in [3.63, 3.8) is 0 Å². The van der Waals surface area contributed by atoms with E-state index in [0.29, 0.717) is 10.6 Å². The third kappa shape index (κ3) is 4.32. The zero-order valence-corrected chi connectivity index (χ0v) is 14.7. The van der Waals surface area contributed by atoms with Crippen LogP contribution in [-0.2, 0) is 11.3 Å². The van der Waals surface area contributed by atoms with Crippen molar-refractivity contribution in [1.29, 1.82) is 0 Å². The highest BCUT2D eigenvalue weighted by Gasteiger charge is 2.33. The summed E-state index contributed by atoms with van der Waals surface area (Å²) in [4.78, 5) is 25.7. The molecule has 0 aliphatic heterocycles. The summed E-state index contributed by atoms with van der Waals surface area (Å²) in [6, 6.07) is 10.9. The van der Waals surface area contributed by atoms with E-state index in [9.17, 15) is 14.0 Å². The largest absolute Gasteiger partial charge is 0.483 e. The summed E-state index contributed by atoms with van der Waals surface area (Å²) in [5, 5.41) is 0.344. The Morgan fingerprint density at radius 2 is 1.96 bits per heavy atom. The van der Waals surface area contributed by atoms with Crippen LogP contribution in [0.3, 0.4) is 0 Å². The molecule has 2 N–H and O–H groups in total. The van der Waals surface area contributed by atoms with Gasteiger partial charge in [0.15, 0.2) is 6.61 Å². The zero-order chi connectivity index (χ0) is 18.7. The normalized spacial score (nSPS) is 13.3. The first kappa shape index (κ1) is 18.2. The Morgan fingerprint density at radius 1 is 1.23 bits per heavy atom. The van der Waals surface area contributed by atoms with Crippen LogP contribution < -0.4 is 10.5 Å². The molecule has 0 atom stereocenters. The fourth-order valence-corrected chi connectivity index (χ4v) is 2.83. The minimum atomic E-state index is -0.694. The highest BCUT2D eigenvalue weighted by Crippen LogP contribution is 2.29.